The van der Waals surface area contributed by atoms with E-state index in [0.717, 1.165) is 34.6 Å². The minimum absolute atomic E-state index is 0.684. The predicted octanol–water partition coefficient (Wildman–Crippen LogP) is 4.23. The molecular weight excluding hydrogens is 292 g/mol. The maximum atomic E-state index is 5.82. The molecule has 0 bridgehead atoms. The van der Waals surface area contributed by atoms with E-state index in [9.17, 15) is 0 Å². The van der Waals surface area contributed by atoms with Gasteiger partial charge in [0.25, 0.3) is 0 Å². The standard InChI is InChI=1S/C16H15O3.Cr/c1-10-4-7-13(17-10)16(14-8-5-11(2)18-14)15-9-6-12(3)19-15;/h4-9H,1-3H3;. The van der Waals surface area contributed by atoms with E-state index < -0.39 is 4.28 Å². The van der Waals surface area contributed by atoms with Crippen molar-refractivity contribution in [1.29, 1.82) is 0 Å². The molecule has 0 radical (unpaired) electrons. The van der Waals surface area contributed by atoms with Crippen LogP contribution in [0.4, 0.5) is 0 Å². The molecule has 0 unspecified atom stereocenters. The molecule has 0 aliphatic heterocycles. The minimum atomic E-state index is -0.684. The van der Waals surface area contributed by atoms with E-state index in [1.807, 2.05) is 57.2 Å². The van der Waals surface area contributed by atoms with Crippen molar-refractivity contribution in [3.05, 3.63) is 71.0 Å². The first-order valence-electron chi connectivity index (χ1n) is 6.41. The molecule has 0 spiro atoms. The second-order valence-corrected chi connectivity index (χ2v) is 5.87. The van der Waals surface area contributed by atoms with E-state index in [1.54, 1.807) is 0 Å². The van der Waals surface area contributed by atoms with Gasteiger partial charge >= 0.3 is 126 Å². The summed E-state index contributed by atoms with van der Waals surface area (Å²) < 4.78 is 16.8. The molecule has 3 rings (SSSR count). The van der Waals surface area contributed by atoms with E-state index in [0.29, 0.717) is 0 Å². The van der Waals surface area contributed by atoms with Gasteiger partial charge in [-0.2, -0.15) is 0 Å². The Kier molecular flexibility index (Phi) is 3.16. The topological polar surface area (TPSA) is 39.4 Å². The molecule has 3 aromatic rings. The zero-order valence-electron chi connectivity index (χ0n) is 11.6. The van der Waals surface area contributed by atoms with Gasteiger partial charge in [0.2, 0.25) is 0 Å². The molecule has 20 heavy (non-hydrogen) atoms. The first-order valence-corrected chi connectivity index (χ1v) is 7.05. The molecule has 3 aromatic heterocycles. The van der Waals surface area contributed by atoms with E-state index >= 15 is 0 Å². The van der Waals surface area contributed by atoms with Gasteiger partial charge < -0.3 is 0 Å². The third kappa shape index (κ3) is 2.06. The van der Waals surface area contributed by atoms with Crippen LogP contribution in [0.25, 0.3) is 0 Å². The van der Waals surface area contributed by atoms with Crippen LogP contribution in [0.2, 0.25) is 0 Å². The van der Waals surface area contributed by atoms with Crippen LogP contribution in [0, 0.1) is 20.8 Å². The number of aryl methyl sites for hydroxylation is 3. The average molecular weight is 307 g/mol. The van der Waals surface area contributed by atoms with Gasteiger partial charge in [0.05, 0.1) is 0 Å². The molecule has 0 aliphatic rings. The summed E-state index contributed by atoms with van der Waals surface area (Å²) in [6.45, 7) is 5.76. The zero-order chi connectivity index (χ0) is 14.3. The summed E-state index contributed by atoms with van der Waals surface area (Å²) in [6, 6.07) is 11.7. The van der Waals surface area contributed by atoms with Crippen molar-refractivity contribution in [3.63, 3.8) is 0 Å². The third-order valence-corrected chi connectivity index (χ3v) is 4.20. The van der Waals surface area contributed by atoms with Crippen LogP contribution in [0.3, 0.4) is 0 Å². The summed E-state index contributed by atoms with van der Waals surface area (Å²) in [7, 11) is 0. The zero-order valence-corrected chi connectivity index (χ0v) is 12.9. The van der Waals surface area contributed by atoms with E-state index in [4.69, 9.17) is 13.3 Å². The van der Waals surface area contributed by atoms with Gasteiger partial charge in [0, 0.05) is 0 Å². The molecule has 0 amide bonds. The van der Waals surface area contributed by atoms with Crippen LogP contribution in [0.1, 0.15) is 34.6 Å². The Morgan fingerprint density at radius 3 is 1.15 bits per heavy atom. The van der Waals surface area contributed by atoms with E-state index in [2.05, 4.69) is 16.3 Å². The first kappa shape index (κ1) is 13.4. The van der Waals surface area contributed by atoms with E-state index in [1.165, 1.54) is 0 Å². The van der Waals surface area contributed by atoms with Gasteiger partial charge in [0.1, 0.15) is 0 Å². The van der Waals surface area contributed by atoms with Gasteiger partial charge in [-0.1, -0.05) is 0 Å². The number of hydrogen-bond acceptors (Lipinski definition) is 3. The fourth-order valence-electron chi connectivity index (χ4n) is 2.24. The van der Waals surface area contributed by atoms with Crippen molar-refractivity contribution in [1.82, 2.24) is 0 Å². The van der Waals surface area contributed by atoms with Crippen molar-refractivity contribution in [2.24, 2.45) is 0 Å². The van der Waals surface area contributed by atoms with Crippen molar-refractivity contribution in [2.45, 2.75) is 25.0 Å². The van der Waals surface area contributed by atoms with Crippen LogP contribution in [-0.4, -0.2) is 0 Å². The molecule has 103 valence electrons. The Bertz CT molecular complexity index is 634. The van der Waals surface area contributed by atoms with Gasteiger partial charge in [-0.25, -0.2) is 0 Å². The van der Waals surface area contributed by atoms with Gasteiger partial charge in [-0.15, -0.1) is 0 Å². The SMILES string of the molecule is Cc1ccc([C]([Cr])(c2ccc(C)o2)c2ccc(C)o2)o1. The van der Waals surface area contributed by atoms with Crippen molar-refractivity contribution < 1.29 is 29.5 Å². The summed E-state index contributed by atoms with van der Waals surface area (Å²) >= 11 is 3.20. The second kappa shape index (κ2) is 4.73. The molecule has 0 saturated heterocycles. The Hall–Kier alpha value is -1.63. The molecule has 0 fully saturated rings. The molecule has 0 aliphatic carbocycles. The summed E-state index contributed by atoms with van der Waals surface area (Å²) in [5.74, 6) is 4.85. The molecule has 0 aromatic carbocycles. The molecular formula is C16H15CrO3. The molecule has 3 heterocycles. The summed E-state index contributed by atoms with van der Waals surface area (Å²) in [5.41, 5.74) is 0. The van der Waals surface area contributed by atoms with Crippen molar-refractivity contribution in [2.75, 3.05) is 0 Å². The predicted molar refractivity (Wildman–Crippen MR) is 70.2 cm³/mol. The molecule has 4 heteroatoms. The van der Waals surface area contributed by atoms with Crippen molar-refractivity contribution in [3.8, 4) is 0 Å². The number of rotatable bonds is 3. The van der Waals surface area contributed by atoms with Gasteiger partial charge in [-0.3, -0.25) is 0 Å². The maximum absolute atomic E-state index is 5.82. The average Bonchev–Trinajstić information content (AvgIpc) is 3.10. The van der Waals surface area contributed by atoms with Gasteiger partial charge in [-0.05, 0) is 0 Å². The van der Waals surface area contributed by atoms with Crippen LogP contribution in [-0.2, 0) is 20.6 Å². The fourth-order valence-corrected chi connectivity index (χ4v) is 2.75. The second-order valence-electron chi connectivity index (χ2n) is 4.91. The van der Waals surface area contributed by atoms with Crippen LogP contribution < -0.4 is 0 Å². The van der Waals surface area contributed by atoms with Crippen LogP contribution >= 0.6 is 0 Å². The Labute approximate surface area is 126 Å². The normalized spacial score (nSPS) is 11.9. The summed E-state index contributed by atoms with van der Waals surface area (Å²) in [5, 5.41) is 0. The van der Waals surface area contributed by atoms with E-state index in [-0.39, 0.29) is 0 Å². The van der Waals surface area contributed by atoms with Crippen molar-refractivity contribution >= 4 is 0 Å². The Morgan fingerprint density at radius 2 is 0.950 bits per heavy atom. The third-order valence-electron chi connectivity index (χ3n) is 3.26. The Balaban J connectivity index is 2.22. The Morgan fingerprint density at radius 1 is 0.650 bits per heavy atom. The number of furan rings is 3. The summed E-state index contributed by atoms with van der Waals surface area (Å²) in [4.78, 5) is 0. The van der Waals surface area contributed by atoms with Gasteiger partial charge in [0.15, 0.2) is 0 Å². The fraction of sp³-hybridized carbons (Fsp3) is 0.250. The summed E-state index contributed by atoms with van der Waals surface area (Å²) in [6.07, 6.45) is 0. The quantitative estimate of drug-likeness (QED) is 0.727. The molecule has 0 N–H and O–H groups in total. The van der Waals surface area contributed by atoms with Crippen LogP contribution in [0.15, 0.2) is 49.6 Å². The molecule has 0 atom stereocenters. The van der Waals surface area contributed by atoms with Crippen LogP contribution in [0.5, 0.6) is 0 Å². The first-order chi connectivity index (χ1) is 9.50. The molecule has 0 saturated carbocycles. The monoisotopic (exact) mass is 307 g/mol. The number of hydrogen-bond donors (Lipinski definition) is 0. The molecule has 3 nitrogen and oxygen atoms in total.